The summed E-state index contributed by atoms with van der Waals surface area (Å²) in [5, 5.41) is 9.44. The van der Waals surface area contributed by atoms with Crippen molar-refractivity contribution in [2.45, 2.75) is 20.5 Å². The molecule has 6 heteroatoms. The van der Waals surface area contributed by atoms with E-state index >= 15 is 0 Å². The molecule has 0 saturated heterocycles. The van der Waals surface area contributed by atoms with Crippen molar-refractivity contribution in [2.24, 2.45) is 0 Å². The van der Waals surface area contributed by atoms with Gasteiger partial charge in [0, 0.05) is 5.02 Å². The summed E-state index contributed by atoms with van der Waals surface area (Å²) in [5.41, 5.74) is 0.826. The Bertz CT molecular complexity index is 602. The molecule has 1 N–H and O–H groups in total. The number of benzene rings is 1. The predicted octanol–water partition coefficient (Wildman–Crippen LogP) is 3.22. The van der Waals surface area contributed by atoms with Crippen LogP contribution < -0.4 is 4.74 Å². The number of carboxylic acids is 1. The zero-order valence-corrected chi connectivity index (χ0v) is 11.2. The molecule has 0 bridgehead atoms. The molecule has 19 heavy (non-hydrogen) atoms. The smallest absolute Gasteiger partial charge is 0.339 e. The van der Waals surface area contributed by atoms with Crippen LogP contribution in [0, 0.1) is 13.8 Å². The largest absolute Gasteiger partial charge is 0.483 e. The van der Waals surface area contributed by atoms with Gasteiger partial charge in [-0.2, -0.15) is 0 Å². The molecule has 0 aliphatic heterocycles. The number of aryl methyl sites for hydroxylation is 2. The van der Waals surface area contributed by atoms with E-state index in [4.69, 9.17) is 25.9 Å². The Balaban J connectivity index is 2.19. The number of oxazole rings is 1. The minimum absolute atomic E-state index is 0.0457. The second-order valence-electron chi connectivity index (χ2n) is 3.98. The van der Waals surface area contributed by atoms with Crippen LogP contribution in [0.1, 0.15) is 27.7 Å². The van der Waals surface area contributed by atoms with Crippen LogP contribution in [0.25, 0.3) is 0 Å². The highest BCUT2D eigenvalue weighted by atomic mass is 35.5. The first-order chi connectivity index (χ1) is 8.97. The average molecular weight is 282 g/mol. The Hall–Kier alpha value is -2.01. The number of carboxylic acid groups (broad SMARTS) is 1. The number of ether oxygens (including phenoxy) is 1. The van der Waals surface area contributed by atoms with Crippen molar-refractivity contribution in [3.05, 3.63) is 46.1 Å². The maximum Gasteiger partial charge on any atom is 0.339 e. The first kappa shape index (κ1) is 13.4. The molecule has 2 rings (SSSR count). The highest BCUT2D eigenvalue weighted by Gasteiger charge is 2.13. The predicted molar refractivity (Wildman–Crippen MR) is 68.7 cm³/mol. The van der Waals surface area contributed by atoms with Crippen molar-refractivity contribution in [1.82, 2.24) is 4.98 Å². The van der Waals surface area contributed by atoms with Crippen LogP contribution in [0.15, 0.2) is 22.6 Å². The molecule has 1 aromatic carbocycles. The van der Waals surface area contributed by atoms with Gasteiger partial charge in [0.1, 0.15) is 17.1 Å². The Morgan fingerprint density at radius 2 is 2.21 bits per heavy atom. The lowest BCUT2D eigenvalue weighted by Crippen LogP contribution is -2.03. The van der Waals surface area contributed by atoms with Crippen LogP contribution in [0.4, 0.5) is 0 Å². The summed E-state index contributed by atoms with van der Waals surface area (Å²) in [7, 11) is 0. The molecule has 1 aromatic heterocycles. The van der Waals surface area contributed by atoms with Gasteiger partial charge in [0.15, 0.2) is 6.61 Å². The Labute approximate surface area is 114 Å². The maximum absolute atomic E-state index is 11.0. The summed E-state index contributed by atoms with van der Waals surface area (Å²) in [6.07, 6.45) is 0. The van der Waals surface area contributed by atoms with Crippen molar-refractivity contribution in [3.63, 3.8) is 0 Å². The molecule has 0 aliphatic carbocycles. The van der Waals surface area contributed by atoms with Gasteiger partial charge in [-0.3, -0.25) is 0 Å². The lowest BCUT2D eigenvalue weighted by molar-refractivity contribution is 0.0691. The first-order valence-corrected chi connectivity index (χ1v) is 5.93. The highest BCUT2D eigenvalue weighted by Crippen LogP contribution is 2.24. The second kappa shape index (κ2) is 5.32. The number of hydrogen-bond donors (Lipinski definition) is 1. The number of carbonyl (C=O) groups is 1. The van der Waals surface area contributed by atoms with Crippen LogP contribution in [0.3, 0.4) is 0 Å². The quantitative estimate of drug-likeness (QED) is 0.931. The molecule has 0 spiro atoms. The Kier molecular flexibility index (Phi) is 3.76. The molecule has 0 fully saturated rings. The van der Waals surface area contributed by atoms with E-state index in [0.717, 1.165) is 5.69 Å². The van der Waals surface area contributed by atoms with Crippen LogP contribution >= 0.6 is 11.6 Å². The third-order valence-corrected chi connectivity index (χ3v) is 2.83. The van der Waals surface area contributed by atoms with E-state index in [9.17, 15) is 4.79 Å². The standard InChI is InChI=1S/C13H12ClNO4/c1-7-8(2)19-12(15-7)6-18-11-5-9(14)3-4-10(11)13(16)17/h3-5H,6H2,1-2H3,(H,16,17). The molecular weight excluding hydrogens is 270 g/mol. The van der Waals surface area contributed by atoms with Gasteiger partial charge in [-0.1, -0.05) is 11.6 Å². The van der Waals surface area contributed by atoms with Gasteiger partial charge >= 0.3 is 5.97 Å². The number of halogens is 1. The zero-order valence-electron chi connectivity index (χ0n) is 10.4. The third kappa shape index (κ3) is 3.06. The van der Waals surface area contributed by atoms with E-state index in [2.05, 4.69) is 4.98 Å². The van der Waals surface area contributed by atoms with Crippen molar-refractivity contribution in [1.29, 1.82) is 0 Å². The maximum atomic E-state index is 11.0. The van der Waals surface area contributed by atoms with Crippen LogP contribution in [-0.4, -0.2) is 16.1 Å². The number of nitrogens with zero attached hydrogens (tertiary/aromatic N) is 1. The fourth-order valence-corrected chi connectivity index (χ4v) is 1.69. The second-order valence-corrected chi connectivity index (χ2v) is 4.42. The summed E-state index contributed by atoms with van der Waals surface area (Å²) in [6.45, 7) is 3.67. The monoisotopic (exact) mass is 281 g/mol. The minimum Gasteiger partial charge on any atom is -0.483 e. The van der Waals surface area contributed by atoms with Gasteiger partial charge in [0.2, 0.25) is 5.89 Å². The van der Waals surface area contributed by atoms with E-state index in [1.54, 1.807) is 6.92 Å². The Morgan fingerprint density at radius 3 is 2.79 bits per heavy atom. The molecule has 2 aromatic rings. The van der Waals surface area contributed by atoms with Gasteiger partial charge in [-0.15, -0.1) is 0 Å². The molecule has 0 aliphatic rings. The highest BCUT2D eigenvalue weighted by molar-refractivity contribution is 6.30. The fraction of sp³-hybridized carbons (Fsp3) is 0.231. The zero-order chi connectivity index (χ0) is 14.0. The van der Waals surface area contributed by atoms with Crippen LogP contribution in [0.5, 0.6) is 5.75 Å². The molecule has 0 unspecified atom stereocenters. The summed E-state index contributed by atoms with van der Waals surface area (Å²) in [6, 6.07) is 4.34. The average Bonchev–Trinajstić information content (AvgIpc) is 2.66. The summed E-state index contributed by atoms with van der Waals surface area (Å²) in [5.74, 6) is 0.217. The van der Waals surface area contributed by atoms with Crippen molar-refractivity contribution < 1.29 is 19.1 Å². The van der Waals surface area contributed by atoms with Gasteiger partial charge in [-0.05, 0) is 32.0 Å². The number of rotatable bonds is 4. The van der Waals surface area contributed by atoms with Crippen molar-refractivity contribution in [3.8, 4) is 5.75 Å². The van der Waals surface area contributed by atoms with E-state index in [1.165, 1.54) is 18.2 Å². The molecule has 0 amide bonds. The summed E-state index contributed by atoms with van der Waals surface area (Å²) < 4.78 is 10.8. The topological polar surface area (TPSA) is 72.6 Å². The fourth-order valence-electron chi connectivity index (χ4n) is 1.53. The van der Waals surface area contributed by atoms with E-state index in [1.807, 2.05) is 6.92 Å². The number of hydrogen-bond acceptors (Lipinski definition) is 4. The molecule has 0 saturated carbocycles. The lowest BCUT2D eigenvalue weighted by Gasteiger charge is -2.07. The van der Waals surface area contributed by atoms with E-state index in [0.29, 0.717) is 16.7 Å². The van der Waals surface area contributed by atoms with E-state index < -0.39 is 5.97 Å². The number of aromatic nitrogens is 1. The molecule has 0 atom stereocenters. The van der Waals surface area contributed by atoms with Crippen LogP contribution in [-0.2, 0) is 6.61 Å². The Morgan fingerprint density at radius 1 is 1.47 bits per heavy atom. The molecular formula is C13H12ClNO4. The van der Waals surface area contributed by atoms with Crippen molar-refractivity contribution in [2.75, 3.05) is 0 Å². The SMILES string of the molecule is Cc1nc(COc2cc(Cl)ccc2C(=O)O)oc1C. The minimum atomic E-state index is -1.08. The van der Waals surface area contributed by atoms with Crippen molar-refractivity contribution >= 4 is 17.6 Å². The van der Waals surface area contributed by atoms with E-state index in [-0.39, 0.29) is 17.9 Å². The third-order valence-electron chi connectivity index (χ3n) is 2.60. The van der Waals surface area contributed by atoms with Gasteiger partial charge in [0.25, 0.3) is 0 Å². The van der Waals surface area contributed by atoms with Crippen LogP contribution in [0.2, 0.25) is 5.02 Å². The molecule has 100 valence electrons. The molecule has 1 heterocycles. The van der Waals surface area contributed by atoms with Gasteiger partial charge < -0.3 is 14.3 Å². The summed E-state index contributed by atoms with van der Waals surface area (Å²) >= 11 is 5.82. The lowest BCUT2D eigenvalue weighted by atomic mass is 10.2. The molecule has 5 nitrogen and oxygen atoms in total. The molecule has 0 radical (unpaired) electrons. The van der Waals surface area contributed by atoms with Gasteiger partial charge in [-0.25, -0.2) is 9.78 Å². The summed E-state index contributed by atoms with van der Waals surface area (Å²) in [4.78, 5) is 15.2. The normalized spacial score (nSPS) is 10.5. The number of aromatic carboxylic acids is 1. The van der Waals surface area contributed by atoms with Gasteiger partial charge in [0.05, 0.1) is 5.69 Å². The first-order valence-electron chi connectivity index (χ1n) is 5.56.